The molecule has 3 fully saturated rings. The fourth-order valence-electron chi connectivity index (χ4n) is 6.79. The third kappa shape index (κ3) is 5.11. The van der Waals surface area contributed by atoms with Crippen molar-refractivity contribution in [2.24, 2.45) is 29.1 Å². The third-order valence-electron chi connectivity index (χ3n) is 8.24. The van der Waals surface area contributed by atoms with E-state index in [-0.39, 0.29) is 12.2 Å². The number of hydrogen-bond acceptors (Lipinski definition) is 2. The summed E-state index contributed by atoms with van der Waals surface area (Å²) in [5.41, 5.74) is 3.35. The first-order valence-electron chi connectivity index (χ1n) is 12.0. The third-order valence-corrected chi connectivity index (χ3v) is 8.24. The van der Waals surface area contributed by atoms with Crippen molar-refractivity contribution in [2.75, 3.05) is 0 Å². The molecule has 0 saturated heterocycles. The standard InChI is InChI=1S/C26H44O2/c1-18(2)7-5-8-19(3)24-12-13-25-21(9-6-14-26(24,25)4)11-10-20-15-22(27)17-23(28)16-20/h10-11,18-19,22-25,27-28H,5-9,12-17H2,1-4H3/t19?,22?,23?,24?,25?,26-/m1/s1. The normalized spacial score (nSPS) is 38.7. The van der Waals surface area contributed by atoms with Gasteiger partial charge in [-0.25, -0.2) is 0 Å². The van der Waals surface area contributed by atoms with Crippen molar-refractivity contribution in [2.45, 2.75) is 111 Å². The smallest absolute Gasteiger partial charge is 0.0602 e. The molecule has 3 aliphatic carbocycles. The summed E-state index contributed by atoms with van der Waals surface area (Å²) in [6.07, 6.45) is 16.7. The van der Waals surface area contributed by atoms with Gasteiger partial charge in [0.2, 0.25) is 0 Å². The fourth-order valence-corrected chi connectivity index (χ4v) is 6.79. The summed E-state index contributed by atoms with van der Waals surface area (Å²) in [6.45, 7) is 9.79. The first kappa shape index (κ1) is 22.1. The van der Waals surface area contributed by atoms with E-state index >= 15 is 0 Å². The zero-order valence-corrected chi connectivity index (χ0v) is 18.8. The van der Waals surface area contributed by atoms with Crippen LogP contribution in [-0.2, 0) is 0 Å². The molecule has 28 heavy (non-hydrogen) atoms. The van der Waals surface area contributed by atoms with E-state index in [0.29, 0.717) is 11.8 Å². The lowest BCUT2D eigenvalue weighted by atomic mass is 9.60. The van der Waals surface area contributed by atoms with E-state index in [4.69, 9.17) is 0 Å². The quantitative estimate of drug-likeness (QED) is 0.551. The second-order valence-corrected chi connectivity index (χ2v) is 10.9. The van der Waals surface area contributed by atoms with Crippen molar-refractivity contribution in [1.29, 1.82) is 0 Å². The Morgan fingerprint density at radius 1 is 1.04 bits per heavy atom. The fraction of sp³-hybridized carbons (Fsp3) is 0.846. The summed E-state index contributed by atoms with van der Waals surface area (Å²) in [4.78, 5) is 0. The van der Waals surface area contributed by atoms with Crippen LogP contribution in [0.4, 0.5) is 0 Å². The summed E-state index contributed by atoms with van der Waals surface area (Å²) in [5, 5.41) is 19.9. The maximum absolute atomic E-state index is 9.96. The average molecular weight is 389 g/mol. The van der Waals surface area contributed by atoms with Crippen LogP contribution in [0.1, 0.15) is 98.3 Å². The highest BCUT2D eigenvalue weighted by Crippen LogP contribution is 2.59. The van der Waals surface area contributed by atoms with Crippen molar-refractivity contribution in [3.05, 3.63) is 23.3 Å². The highest BCUT2D eigenvalue weighted by atomic mass is 16.3. The number of allylic oxidation sites excluding steroid dienone is 3. The molecule has 5 unspecified atom stereocenters. The number of fused-ring (bicyclic) bond motifs is 1. The van der Waals surface area contributed by atoms with E-state index in [1.165, 1.54) is 56.9 Å². The Kier molecular flexibility index (Phi) is 7.48. The molecule has 0 aromatic heterocycles. The molecular weight excluding hydrogens is 344 g/mol. The molecule has 0 aromatic rings. The molecule has 0 radical (unpaired) electrons. The zero-order valence-electron chi connectivity index (χ0n) is 18.8. The van der Waals surface area contributed by atoms with E-state index in [0.717, 1.165) is 36.5 Å². The lowest BCUT2D eigenvalue weighted by Crippen LogP contribution is -2.36. The Labute approximate surface area is 173 Å². The molecule has 6 atom stereocenters. The number of rotatable bonds is 6. The molecule has 2 nitrogen and oxygen atoms in total. The van der Waals surface area contributed by atoms with Crippen molar-refractivity contribution >= 4 is 0 Å². The Balaban J connectivity index is 1.67. The van der Waals surface area contributed by atoms with Gasteiger partial charge >= 0.3 is 0 Å². The van der Waals surface area contributed by atoms with Crippen LogP contribution >= 0.6 is 0 Å². The molecule has 3 saturated carbocycles. The second kappa shape index (κ2) is 9.47. The number of aliphatic hydroxyl groups excluding tert-OH is 2. The minimum absolute atomic E-state index is 0.368. The van der Waals surface area contributed by atoms with Crippen LogP contribution < -0.4 is 0 Å². The number of aliphatic hydroxyl groups is 2. The summed E-state index contributed by atoms with van der Waals surface area (Å²) in [7, 11) is 0. The van der Waals surface area contributed by atoms with Gasteiger partial charge in [-0.1, -0.05) is 70.3 Å². The molecule has 2 N–H and O–H groups in total. The maximum atomic E-state index is 9.96. The highest BCUT2D eigenvalue weighted by molar-refractivity contribution is 5.26. The molecule has 0 spiro atoms. The van der Waals surface area contributed by atoms with Gasteiger partial charge in [-0.3, -0.25) is 0 Å². The van der Waals surface area contributed by atoms with Gasteiger partial charge in [-0.15, -0.1) is 0 Å². The van der Waals surface area contributed by atoms with Crippen LogP contribution in [0.15, 0.2) is 23.3 Å². The van der Waals surface area contributed by atoms with Crippen molar-refractivity contribution in [1.82, 2.24) is 0 Å². The second-order valence-electron chi connectivity index (χ2n) is 10.9. The SMILES string of the molecule is CC(C)CCCC(C)C1CCC2C(=CC=C3CC(O)CC(O)C3)CCC[C@@]21C. The molecule has 2 heteroatoms. The maximum Gasteiger partial charge on any atom is 0.0602 e. The van der Waals surface area contributed by atoms with Gasteiger partial charge in [0.15, 0.2) is 0 Å². The van der Waals surface area contributed by atoms with Gasteiger partial charge in [0.25, 0.3) is 0 Å². The van der Waals surface area contributed by atoms with Gasteiger partial charge in [0.1, 0.15) is 0 Å². The Morgan fingerprint density at radius 3 is 2.43 bits per heavy atom. The molecule has 0 heterocycles. The zero-order chi connectivity index (χ0) is 20.3. The highest BCUT2D eigenvalue weighted by Gasteiger charge is 2.50. The average Bonchev–Trinajstić information content (AvgIpc) is 2.96. The largest absolute Gasteiger partial charge is 0.393 e. The summed E-state index contributed by atoms with van der Waals surface area (Å²) < 4.78 is 0. The van der Waals surface area contributed by atoms with Crippen LogP contribution in [0.2, 0.25) is 0 Å². The summed E-state index contributed by atoms with van der Waals surface area (Å²) in [5.74, 6) is 3.29. The van der Waals surface area contributed by atoms with E-state index in [9.17, 15) is 10.2 Å². The molecule has 160 valence electrons. The van der Waals surface area contributed by atoms with Crippen LogP contribution in [0.25, 0.3) is 0 Å². The predicted octanol–water partition coefficient (Wildman–Crippen LogP) is 6.42. The van der Waals surface area contributed by atoms with Gasteiger partial charge in [0, 0.05) is 0 Å². The Hall–Kier alpha value is -0.600. The van der Waals surface area contributed by atoms with Crippen LogP contribution in [0.5, 0.6) is 0 Å². The molecule has 0 aliphatic heterocycles. The molecule has 3 aliphatic rings. The Morgan fingerprint density at radius 2 is 1.75 bits per heavy atom. The first-order chi connectivity index (χ1) is 13.3. The minimum Gasteiger partial charge on any atom is -0.393 e. The van der Waals surface area contributed by atoms with Gasteiger partial charge in [-0.2, -0.15) is 0 Å². The molecule has 3 rings (SSSR count). The van der Waals surface area contributed by atoms with Gasteiger partial charge < -0.3 is 10.2 Å². The van der Waals surface area contributed by atoms with E-state index in [2.05, 4.69) is 39.8 Å². The minimum atomic E-state index is -0.368. The van der Waals surface area contributed by atoms with Crippen molar-refractivity contribution < 1.29 is 10.2 Å². The first-order valence-corrected chi connectivity index (χ1v) is 12.0. The topological polar surface area (TPSA) is 40.5 Å². The molecule has 0 bridgehead atoms. The molecular formula is C26H44O2. The van der Waals surface area contributed by atoms with E-state index < -0.39 is 0 Å². The molecule has 0 aromatic carbocycles. The van der Waals surface area contributed by atoms with E-state index in [1.807, 2.05) is 0 Å². The van der Waals surface area contributed by atoms with Crippen LogP contribution in [-0.4, -0.2) is 22.4 Å². The number of hydrogen-bond donors (Lipinski definition) is 2. The molecule has 0 amide bonds. The van der Waals surface area contributed by atoms with Crippen molar-refractivity contribution in [3.8, 4) is 0 Å². The van der Waals surface area contributed by atoms with Gasteiger partial charge in [-0.05, 0) is 80.5 Å². The van der Waals surface area contributed by atoms with Crippen molar-refractivity contribution in [3.63, 3.8) is 0 Å². The Bertz CT molecular complexity index is 563. The van der Waals surface area contributed by atoms with Crippen LogP contribution in [0.3, 0.4) is 0 Å². The van der Waals surface area contributed by atoms with Crippen LogP contribution in [0, 0.1) is 29.1 Å². The van der Waals surface area contributed by atoms with E-state index in [1.54, 1.807) is 5.57 Å². The predicted molar refractivity (Wildman–Crippen MR) is 118 cm³/mol. The lowest BCUT2D eigenvalue weighted by molar-refractivity contribution is 0.0609. The monoisotopic (exact) mass is 388 g/mol. The summed E-state index contributed by atoms with van der Waals surface area (Å²) in [6, 6.07) is 0. The summed E-state index contributed by atoms with van der Waals surface area (Å²) >= 11 is 0. The van der Waals surface area contributed by atoms with Gasteiger partial charge in [0.05, 0.1) is 12.2 Å². The lowest BCUT2D eigenvalue weighted by Gasteiger charge is -2.44.